The zero-order valence-electron chi connectivity index (χ0n) is 10.6. The third-order valence-electron chi connectivity index (χ3n) is 2.77. The molecule has 0 spiro atoms. The van der Waals surface area contributed by atoms with Crippen LogP contribution in [0, 0.1) is 0 Å². The Hall–Kier alpha value is -1.30. The summed E-state index contributed by atoms with van der Waals surface area (Å²) >= 11 is 1.47. The van der Waals surface area contributed by atoms with Crippen molar-refractivity contribution in [3.63, 3.8) is 0 Å². The summed E-state index contributed by atoms with van der Waals surface area (Å²) in [6.07, 6.45) is 3.98. The monoisotopic (exact) mass is 266 g/mol. The van der Waals surface area contributed by atoms with Crippen molar-refractivity contribution in [3.05, 3.63) is 12.3 Å². The van der Waals surface area contributed by atoms with E-state index in [4.69, 9.17) is 0 Å². The fraction of sp³-hybridized carbons (Fsp3) is 0.583. The van der Waals surface area contributed by atoms with Gasteiger partial charge in [0.25, 0.3) is 0 Å². The van der Waals surface area contributed by atoms with Crippen molar-refractivity contribution in [3.8, 4) is 0 Å². The van der Waals surface area contributed by atoms with E-state index in [2.05, 4.69) is 15.3 Å². The van der Waals surface area contributed by atoms with Crippen LogP contribution in [0.1, 0.15) is 19.8 Å². The number of thioether (sulfide) groups is 1. The molecule has 1 aliphatic rings. The number of nitrogens with zero attached hydrogens (tertiary/aromatic N) is 3. The molecule has 6 heteroatoms. The van der Waals surface area contributed by atoms with E-state index in [0.29, 0.717) is 11.7 Å². The summed E-state index contributed by atoms with van der Waals surface area (Å²) in [6, 6.07) is 1.84. The molecule has 1 N–H and O–H groups in total. The van der Waals surface area contributed by atoms with Gasteiger partial charge in [0.15, 0.2) is 0 Å². The van der Waals surface area contributed by atoms with Crippen molar-refractivity contribution in [2.24, 2.45) is 0 Å². The molecule has 5 nitrogen and oxygen atoms in total. The highest BCUT2D eigenvalue weighted by Crippen LogP contribution is 2.18. The van der Waals surface area contributed by atoms with Crippen LogP contribution in [0.25, 0.3) is 0 Å². The van der Waals surface area contributed by atoms with Crippen molar-refractivity contribution >= 4 is 23.6 Å². The van der Waals surface area contributed by atoms with Crippen LogP contribution in [-0.4, -0.2) is 46.2 Å². The number of nitrogens with one attached hydrogen (secondary N) is 1. The van der Waals surface area contributed by atoms with E-state index in [9.17, 15) is 4.79 Å². The Labute approximate surface area is 111 Å². The van der Waals surface area contributed by atoms with E-state index in [0.717, 1.165) is 37.5 Å². The van der Waals surface area contributed by atoms with E-state index in [1.165, 1.54) is 11.8 Å². The first-order valence-electron chi connectivity index (χ1n) is 6.27. The molecule has 2 rings (SSSR count). The number of anilines is 1. The van der Waals surface area contributed by atoms with E-state index in [-0.39, 0.29) is 5.91 Å². The van der Waals surface area contributed by atoms with Gasteiger partial charge in [-0.1, -0.05) is 11.8 Å². The maximum atomic E-state index is 11.9. The van der Waals surface area contributed by atoms with Gasteiger partial charge in [0.2, 0.25) is 11.9 Å². The average Bonchev–Trinajstić information content (AvgIpc) is 2.91. The fourth-order valence-electron chi connectivity index (χ4n) is 1.86. The van der Waals surface area contributed by atoms with Gasteiger partial charge < -0.3 is 10.2 Å². The minimum atomic E-state index is 0.209. The van der Waals surface area contributed by atoms with Crippen molar-refractivity contribution in [1.82, 2.24) is 14.9 Å². The van der Waals surface area contributed by atoms with Crippen LogP contribution in [-0.2, 0) is 4.79 Å². The average molecular weight is 266 g/mol. The SMILES string of the molecule is CCNc1nccc(SCC(=O)N2CCCC2)n1. The predicted octanol–water partition coefficient (Wildman–Crippen LogP) is 1.62. The highest BCUT2D eigenvalue weighted by atomic mass is 32.2. The normalized spacial score (nSPS) is 14.8. The summed E-state index contributed by atoms with van der Waals surface area (Å²) in [5, 5.41) is 3.90. The maximum absolute atomic E-state index is 11.9. The lowest BCUT2D eigenvalue weighted by Gasteiger charge is -2.14. The van der Waals surface area contributed by atoms with Gasteiger partial charge in [-0.3, -0.25) is 4.79 Å². The summed E-state index contributed by atoms with van der Waals surface area (Å²) in [4.78, 5) is 22.2. The van der Waals surface area contributed by atoms with Crippen LogP contribution < -0.4 is 5.32 Å². The van der Waals surface area contributed by atoms with Crippen LogP contribution in [0.4, 0.5) is 5.95 Å². The summed E-state index contributed by atoms with van der Waals surface area (Å²) in [7, 11) is 0. The van der Waals surface area contributed by atoms with Gasteiger partial charge in [-0.15, -0.1) is 0 Å². The number of carbonyl (C=O) groups excluding carboxylic acids is 1. The lowest BCUT2D eigenvalue weighted by Crippen LogP contribution is -2.29. The minimum Gasteiger partial charge on any atom is -0.354 e. The number of aromatic nitrogens is 2. The molecule has 0 bridgehead atoms. The zero-order valence-corrected chi connectivity index (χ0v) is 11.4. The van der Waals surface area contributed by atoms with Crippen LogP contribution in [0.15, 0.2) is 17.3 Å². The van der Waals surface area contributed by atoms with Crippen LogP contribution >= 0.6 is 11.8 Å². The Bertz CT molecular complexity index is 407. The molecule has 0 radical (unpaired) electrons. The summed E-state index contributed by atoms with van der Waals surface area (Å²) in [6.45, 7) is 4.61. The first-order valence-corrected chi connectivity index (χ1v) is 7.25. The molecular weight excluding hydrogens is 248 g/mol. The lowest BCUT2D eigenvalue weighted by atomic mass is 10.4. The van der Waals surface area contributed by atoms with E-state index >= 15 is 0 Å². The Morgan fingerprint density at radius 2 is 2.28 bits per heavy atom. The lowest BCUT2D eigenvalue weighted by molar-refractivity contribution is -0.127. The third-order valence-corrected chi connectivity index (χ3v) is 3.68. The fourth-order valence-corrected chi connectivity index (χ4v) is 2.62. The molecule has 0 aliphatic carbocycles. The molecule has 98 valence electrons. The molecule has 2 heterocycles. The molecule has 0 saturated carbocycles. The quantitative estimate of drug-likeness (QED) is 0.648. The number of likely N-dealkylation sites (tertiary alicyclic amines) is 1. The smallest absolute Gasteiger partial charge is 0.232 e. The number of rotatable bonds is 5. The van der Waals surface area contributed by atoms with E-state index in [1.807, 2.05) is 17.9 Å². The summed E-state index contributed by atoms with van der Waals surface area (Å²) in [5.41, 5.74) is 0. The largest absolute Gasteiger partial charge is 0.354 e. The number of carbonyl (C=O) groups is 1. The number of amides is 1. The van der Waals surface area contributed by atoms with Crippen LogP contribution in [0.3, 0.4) is 0 Å². The highest BCUT2D eigenvalue weighted by Gasteiger charge is 2.17. The third kappa shape index (κ3) is 3.60. The molecule has 1 amide bonds. The van der Waals surface area contributed by atoms with E-state index in [1.54, 1.807) is 6.20 Å². The van der Waals surface area contributed by atoms with Gasteiger partial charge in [0, 0.05) is 25.8 Å². The van der Waals surface area contributed by atoms with Crippen molar-refractivity contribution in [2.45, 2.75) is 24.8 Å². The predicted molar refractivity (Wildman–Crippen MR) is 72.7 cm³/mol. The topological polar surface area (TPSA) is 58.1 Å². The first kappa shape index (κ1) is 13.1. The summed E-state index contributed by atoms with van der Waals surface area (Å²) in [5.74, 6) is 1.29. The second-order valence-electron chi connectivity index (χ2n) is 4.13. The van der Waals surface area contributed by atoms with Gasteiger partial charge >= 0.3 is 0 Å². The maximum Gasteiger partial charge on any atom is 0.232 e. The Balaban J connectivity index is 1.85. The zero-order chi connectivity index (χ0) is 12.8. The van der Waals surface area contributed by atoms with Crippen LogP contribution in [0.2, 0.25) is 0 Å². The van der Waals surface area contributed by atoms with Crippen molar-refractivity contribution in [1.29, 1.82) is 0 Å². The molecule has 1 aliphatic heterocycles. The molecule has 1 aromatic heterocycles. The Morgan fingerprint density at radius 1 is 1.50 bits per heavy atom. The van der Waals surface area contributed by atoms with Gasteiger partial charge in [-0.2, -0.15) is 0 Å². The Kier molecular flexibility index (Phi) is 4.81. The molecule has 18 heavy (non-hydrogen) atoms. The molecular formula is C12H18N4OS. The summed E-state index contributed by atoms with van der Waals surface area (Å²) < 4.78 is 0. The molecule has 0 unspecified atom stereocenters. The van der Waals surface area contributed by atoms with Gasteiger partial charge in [0.05, 0.1) is 5.75 Å². The second kappa shape index (κ2) is 6.58. The first-order chi connectivity index (χ1) is 8.79. The van der Waals surface area contributed by atoms with E-state index < -0.39 is 0 Å². The van der Waals surface area contributed by atoms with Gasteiger partial charge in [0.1, 0.15) is 5.03 Å². The molecule has 0 atom stereocenters. The van der Waals surface area contributed by atoms with Crippen molar-refractivity contribution < 1.29 is 4.79 Å². The molecule has 1 fully saturated rings. The second-order valence-corrected chi connectivity index (χ2v) is 5.12. The standard InChI is InChI=1S/C12H18N4OS/c1-2-13-12-14-6-5-10(15-12)18-9-11(17)16-7-3-4-8-16/h5-6H,2-4,7-9H2,1H3,(H,13,14,15). The van der Waals surface area contributed by atoms with Gasteiger partial charge in [-0.05, 0) is 25.8 Å². The van der Waals surface area contributed by atoms with Gasteiger partial charge in [-0.25, -0.2) is 9.97 Å². The molecule has 1 aromatic rings. The molecule has 1 saturated heterocycles. The van der Waals surface area contributed by atoms with Crippen LogP contribution in [0.5, 0.6) is 0 Å². The Morgan fingerprint density at radius 3 is 3.00 bits per heavy atom. The molecule has 0 aromatic carbocycles. The number of hydrogen-bond acceptors (Lipinski definition) is 5. The number of hydrogen-bond donors (Lipinski definition) is 1. The highest BCUT2D eigenvalue weighted by molar-refractivity contribution is 7.99. The van der Waals surface area contributed by atoms with Crippen molar-refractivity contribution in [2.75, 3.05) is 30.7 Å². The minimum absolute atomic E-state index is 0.209.